The second-order valence-corrected chi connectivity index (χ2v) is 6.98. The summed E-state index contributed by atoms with van der Waals surface area (Å²) in [5.41, 5.74) is 1.77. The number of nitrogens with zero attached hydrogens (tertiary/aromatic N) is 1. The zero-order valence-electron chi connectivity index (χ0n) is 16.4. The van der Waals surface area contributed by atoms with Crippen molar-refractivity contribution in [3.8, 4) is 11.5 Å². The maximum Gasteiger partial charge on any atom is 0.224 e. The largest absolute Gasteiger partial charge is 0.497 e. The van der Waals surface area contributed by atoms with Gasteiger partial charge in [-0.2, -0.15) is 0 Å². The molecule has 2 aromatic carbocycles. The SMILES string of the molecule is COc1ccc(C(CNC(=O)Cc2ccc(OC)c(F)c2)N2CCCC2)cc1. The van der Waals surface area contributed by atoms with Crippen LogP contribution < -0.4 is 14.8 Å². The molecule has 0 bridgehead atoms. The van der Waals surface area contributed by atoms with Crippen LogP contribution in [0.4, 0.5) is 4.39 Å². The van der Waals surface area contributed by atoms with E-state index in [4.69, 9.17) is 9.47 Å². The van der Waals surface area contributed by atoms with Crippen LogP contribution in [0.25, 0.3) is 0 Å². The molecule has 0 aliphatic carbocycles. The summed E-state index contributed by atoms with van der Waals surface area (Å²) in [6, 6.07) is 12.7. The minimum absolute atomic E-state index is 0.116. The van der Waals surface area contributed by atoms with Crippen molar-refractivity contribution in [1.82, 2.24) is 10.2 Å². The first-order valence-corrected chi connectivity index (χ1v) is 9.58. The zero-order valence-corrected chi connectivity index (χ0v) is 16.4. The maximum atomic E-state index is 13.8. The molecule has 1 heterocycles. The molecule has 1 fully saturated rings. The second-order valence-electron chi connectivity index (χ2n) is 6.98. The number of likely N-dealkylation sites (tertiary alicyclic amines) is 1. The number of ether oxygens (including phenoxy) is 2. The van der Waals surface area contributed by atoms with Gasteiger partial charge < -0.3 is 14.8 Å². The van der Waals surface area contributed by atoms with E-state index in [1.807, 2.05) is 24.3 Å². The highest BCUT2D eigenvalue weighted by Gasteiger charge is 2.24. The van der Waals surface area contributed by atoms with Crippen LogP contribution in [0.1, 0.15) is 30.0 Å². The molecule has 1 amide bonds. The predicted octanol–water partition coefficient (Wildman–Crippen LogP) is 3.34. The molecule has 2 aromatic rings. The average molecular weight is 386 g/mol. The van der Waals surface area contributed by atoms with Crippen LogP contribution in [-0.2, 0) is 11.2 Å². The fourth-order valence-electron chi connectivity index (χ4n) is 3.62. The highest BCUT2D eigenvalue weighted by atomic mass is 19.1. The number of benzene rings is 2. The number of amides is 1. The van der Waals surface area contributed by atoms with E-state index in [1.165, 1.54) is 26.0 Å². The first-order valence-electron chi connectivity index (χ1n) is 9.58. The van der Waals surface area contributed by atoms with E-state index >= 15 is 0 Å². The van der Waals surface area contributed by atoms with Gasteiger partial charge in [0.05, 0.1) is 26.7 Å². The first kappa shape index (κ1) is 20.1. The monoisotopic (exact) mass is 386 g/mol. The number of hydrogen-bond acceptors (Lipinski definition) is 4. The minimum atomic E-state index is -0.457. The smallest absolute Gasteiger partial charge is 0.224 e. The topological polar surface area (TPSA) is 50.8 Å². The molecule has 1 unspecified atom stereocenters. The van der Waals surface area contributed by atoms with Crippen LogP contribution in [0.3, 0.4) is 0 Å². The summed E-state index contributed by atoms with van der Waals surface area (Å²) in [7, 11) is 3.07. The van der Waals surface area contributed by atoms with E-state index in [1.54, 1.807) is 19.2 Å². The summed E-state index contributed by atoms with van der Waals surface area (Å²) in [4.78, 5) is 14.8. The normalized spacial score (nSPS) is 15.2. The lowest BCUT2D eigenvalue weighted by Crippen LogP contribution is -2.37. The molecule has 3 rings (SSSR count). The number of hydrogen-bond donors (Lipinski definition) is 1. The van der Waals surface area contributed by atoms with Crippen molar-refractivity contribution in [1.29, 1.82) is 0 Å². The molecule has 0 aromatic heterocycles. The van der Waals surface area contributed by atoms with Gasteiger partial charge in [-0.1, -0.05) is 18.2 Å². The number of methoxy groups -OCH3 is 2. The number of carbonyl (C=O) groups is 1. The third-order valence-corrected chi connectivity index (χ3v) is 5.16. The molecular weight excluding hydrogens is 359 g/mol. The highest BCUT2D eigenvalue weighted by Crippen LogP contribution is 2.26. The van der Waals surface area contributed by atoms with Gasteiger partial charge in [0, 0.05) is 6.54 Å². The molecule has 6 heteroatoms. The Morgan fingerprint density at radius 3 is 2.43 bits per heavy atom. The molecule has 1 saturated heterocycles. The molecule has 0 radical (unpaired) electrons. The van der Waals surface area contributed by atoms with Crippen LogP contribution in [0.5, 0.6) is 11.5 Å². The Hall–Kier alpha value is -2.60. The van der Waals surface area contributed by atoms with Crippen LogP contribution >= 0.6 is 0 Å². The van der Waals surface area contributed by atoms with E-state index < -0.39 is 5.82 Å². The van der Waals surface area contributed by atoms with E-state index in [-0.39, 0.29) is 24.1 Å². The van der Waals surface area contributed by atoms with E-state index in [9.17, 15) is 9.18 Å². The lowest BCUT2D eigenvalue weighted by atomic mass is 10.0. The van der Waals surface area contributed by atoms with Crippen molar-refractivity contribution < 1.29 is 18.7 Å². The standard InChI is InChI=1S/C22H27FN2O3/c1-27-18-8-6-17(7-9-18)20(25-11-3-4-12-25)15-24-22(26)14-16-5-10-21(28-2)19(23)13-16/h5-10,13,20H,3-4,11-12,14-15H2,1-2H3,(H,24,26). The van der Waals surface area contributed by atoms with Gasteiger partial charge in [-0.15, -0.1) is 0 Å². The summed E-state index contributed by atoms with van der Waals surface area (Å²) in [6.45, 7) is 2.57. The van der Waals surface area contributed by atoms with Gasteiger partial charge in [-0.05, 0) is 61.3 Å². The molecule has 1 aliphatic rings. The van der Waals surface area contributed by atoms with Gasteiger partial charge in [-0.25, -0.2) is 4.39 Å². The molecule has 1 aliphatic heterocycles. The third-order valence-electron chi connectivity index (χ3n) is 5.16. The summed E-state index contributed by atoms with van der Waals surface area (Å²) in [5.74, 6) is 0.413. The van der Waals surface area contributed by atoms with Gasteiger partial charge in [0.15, 0.2) is 11.6 Å². The van der Waals surface area contributed by atoms with Crippen LogP contribution in [-0.4, -0.2) is 44.7 Å². The summed E-state index contributed by atoms with van der Waals surface area (Å²) in [6.07, 6.45) is 2.48. The highest BCUT2D eigenvalue weighted by molar-refractivity contribution is 5.78. The molecule has 1 atom stereocenters. The van der Waals surface area contributed by atoms with Crippen molar-refractivity contribution in [2.45, 2.75) is 25.3 Å². The Bertz CT molecular complexity index is 789. The van der Waals surface area contributed by atoms with Crippen molar-refractivity contribution in [3.63, 3.8) is 0 Å². The minimum Gasteiger partial charge on any atom is -0.497 e. The summed E-state index contributed by atoms with van der Waals surface area (Å²) in [5, 5.41) is 3.02. The Kier molecular flexibility index (Phi) is 6.87. The summed E-state index contributed by atoms with van der Waals surface area (Å²) < 4.78 is 24.0. The molecule has 150 valence electrons. The van der Waals surface area contributed by atoms with Gasteiger partial charge >= 0.3 is 0 Å². The lowest BCUT2D eigenvalue weighted by molar-refractivity contribution is -0.120. The van der Waals surface area contributed by atoms with Gasteiger partial charge in [0.25, 0.3) is 0 Å². The van der Waals surface area contributed by atoms with Crippen molar-refractivity contribution in [2.24, 2.45) is 0 Å². The quantitative estimate of drug-likeness (QED) is 0.756. The van der Waals surface area contributed by atoms with Crippen molar-refractivity contribution >= 4 is 5.91 Å². The van der Waals surface area contributed by atoms with Crippen LogP contribution in [0.15, 0.2) is 42.5 Å². The molecule has 0 saturated carbocycles. The molecule has 5 nitrogen and oxygen atoms in total. The van der Waals surface area contributed by atoms with E-state index in [0.717, 1.165) is 24.4 Å². The number of nitrogens with one attached hydrogen (secondary N) is 1. The molecule has 28 heavy (non-hydrogen) atoms. The fourth-order valence-corrected chi connectivity index (χ4v) is 3.62. The zero-order chi connectivity index (χ0) is 19.9. The number of carbonyl (C=O) groups excluding carboxylic acids is 1. The lowest BCUT2D eigenvalue weighted by Gasteiger charge is -2.28. The van der Waals surface area contributed by atoms with Gasteiger partial charge in [0.2, 0.25) is 5.91 Å². The number of rotatable bonds is 8. The third kappa shape index (κ3) is 5.01. The van der Waals surface area contributed by atoms with Crippen LogP contribution in [0, 0.1) is 5.82 Å². The van der Waals surface area contributed by atoms with Crippen molar-refractivity contribution in [3.05, 3.63) is 59.4 Å². The van der Waals surface area contributed by atoms with Gasteiger partial charge in [0.1, 0.15) is 5.75 Å². The molecule has 0 spiro atoms. The summed E-state index contributed by atoms with van der Waals surface area (Å²) >= 11 is 0. The number of halogens is 1. The second kappa shape index (κ2) is 9.55. The fraction of sp³-hybridized carbons (Fsp3) is 0.409. The van der Waals surface area contributed by atoms with Crippen molar-refractivity contribution in [2.75, 3.05) is 33.9 Å². The first-order chi connectivity index (χ1) is 13.6. The molecule has 1 N–H and O–H groups in total. The maximum absolute atomic E-state index is 13.8. The average Bonchev–Trinajstić information content (AvgIpc) is 3.23. The van der Waals surface area contributed by atoms with E-state index in [0.29, 0.717) is 12.1 Å². The predicted molar refractivity (Wildman–Crippen MR) is 106 cm³/mol. The Balaban J connectivity index is 1.63. The van der Waals surface area contributed by atoms with Crippen LogP contribution in [0.2, 0.25) is 0 Å². The molecular formula is C22H27FN2O3. The Labute approximate surface area is 165 Å². The van der Waals surface area contributed by atoms with Gasteiger partial charge in [-0.3, -0.25) is 9.69 Å². The van der Waals surface area contributed by atoms with E-state index in [2.05, 4.69) is 10.2 Å². The Morgan fingerprint density at radius 1 is 1.11 bits per heavy atom. The Morgan fingerprint density at radius 2 is 1.82 bits per heavy atom.